The van der Waals surface area contributed by atoms with E-state index in [9.17, 15) is 54.5 Å². The van der Waals surface area contributed by atoms with Crippen LogP contribution in [0.4, 0.5) is 17.1 Å². The summed E-state index contributed by atoms with van der Waals surface area (Å²) in [4.78, 5) is 73.1. The molecule has 1 aliphatic rings. The number of nitrogens with one attached hydrogen (secondary N) is 2. The maximum atomic E-state index is 14.8. The summed E-state index contributed by atoms with van der Waals surface area (Å²) < 4.78 is 33.6. The van der Waals surface area contributed by atoms with Gasteiger partial charge in [-0.15, -0.1) is 58.0 Å². The van der Waals surface area contributed by atoms with Crippen LogP contribution < -0.4 is 5.32 Å². The lowest BCUT2D eigenvalue weighted by atomic mass is 9.80. The molecule has 0 radical (unpaired) electrons. The van der Waals surface area contributed by atoms with Crippen LogP contribution in [0.1, 0.15) is 89.5 Å². The normalized spacial score (nSPS) is 16.0. The molecule has 7 atom stereocenters. The lowest BCUT2D eigenvalue weighted by Crippen LogP contribution is -2.43. The number of aliphatic hydroxyl groups excluding tert-OH is 5. The minimum Gasteiger partial charge on any atom is -0.485 e. The smallest absolute Gasteiger partial charge is 0.338 e. The van der Waals surface area contributed by atoms with E-state index >= 15 is 0 Å². The third-order valence-corrected chi connectivity index (χ3v) is 17.6. The Morgan fingerprint density at radius 1 is 0.656 bits per heavy atom. The lowest BCUT2D eigenvalue weighted by Gasteiger charge is -2.37. The lowest BCUT2D eigenvalue weighted by molar-refractivity contribution is -0.243. The third-order valence-electron chi connectivity index (χ3n) is 14.6. The van der Waals surface area contributed by atoms with Crippen LogP contribution in [0.3, 0.4) is 0 Å². The van der Waals surface area contributed by atoms with Crippen LogP contribution in [-0.2, 0) is 38.6 Å². The van der Waals surface area contributed by atoms with Crippen LogP contribution in [0.25, 0.3) is 22.4 Å². The van der Waals surface area contributed by atoms with Gasteiger partial charge in [0.2, 0.25) is 5.91 Å². The van der Waals surface area contributed by atoms with Crippen molar-refractivity contribution in [3.05, 3.63) is 173 Å². The van der Waals surface area contributed by atoms with E-state index in [1.54, 1.807) is 66.7 Å². The van der Waals surface area contributed by atoms with Crippen LogP contribution in [-0.4, -0.2) is 173 Å². The fraction of sp³-hybridized carbons (Fsp3) is 0.364. The SMILES string of the molecule is O=C(CP(=O)(O)OC(c1ccc(N=C(C=CCCC(=O)c2ccc3[nH]cc(C4=C(c5ccccc5)OCCO4)c3c2)CC(O)CCl)cc1)(c1ccc(N=C(CC(O)CCl)CC(O)CCl)cc1)c1ccc(N=C(CC(O)CCl)CC(O)CCl)cc1)NC(CCOO)C(=O)O. The number of halogens is 5. The van der Waals surface area contributed by atoms with Gasteiger partial charge in [0.05, 0.1) is 54.2 Å². The minimum absolute atomic E-state index is 0.00770. The molecule has 1 amide bonds. The van der Waals surface area contributed by atoms with E-state index < -0.39 is 80.8 Å². The fourth-order valence-corrected chi connectivity index (χ4v) is 12.0. The predicted molar refractivity (Wildman–Crippen MR) is 362 cm³/mol. The standard InChI is InChI=1S/C66H73Cl5N5O16P/c67-34-52(77)29-49(8-4-5-9-61(82)42-10-23-59-57(28-42)58(39-72-59)64-63(89-26-27-90-64)41-6-2-1-3-7-41)73-46-17-11-43(12-18-46)66(92-93(87,88)40-62(83)76-60(65(84)85)24-25-91-86,44-13-19-47(20-14-44)74-50(30-53(78)35-68)31-54(79)36-69)45-15-21-48(22-16-45)75-51(32-55(80)37-70)33-56(81)38-71/h1-4,6-8,10-23,28,39,52-56,60,72,77-81,86H,5,9,24-27,29-38,40H2,(H,76,83)(H,84,85)(H,87,88). The Morgan fingerprint density at radius 3 is 1.62 bits per heavy atom. The molecule has 2 heterocycles. The number of ether oxygens (including phenoxy) is 2. The Bertz CT molecular complexity index is 3540. The number of allylic oxidation sites excluding steroid dienone is 2. The molecule has 93 heavy (non-hydrogen) atoms. The molecule has 7 unspecified atom stereocenters. The van der Waals surface area contributed by atoms with Gasteiger partial charge in [-0.2, -0.15) is 0 Å². The first-order valence-electron chi connectivity index (χ1n) is 29.6. The maximum Gasteiger partial charge on any atom is 0.338 e. The zero-order valence-corrected chi connectivity index (χ0v) is 55.0. The van der Waals surface area contributed by atoms with Crippen LogP contribution in [0.15, 0.2) is 155 Å². The van der Waals surface area contributed by atoms with Crippen molar-refractivity contribution in [2.24, 2.45) is 15.0 Å². The van der Waals surface area contributed by atoms with Crippen molar-refractivity contribution in [2.45, 2.75) is 93.5 Å². The molecule has 10 N–H and O–H groups in total. The van der Waals surface area contributed by atoms with Gasteiger partial charge in [0.15, 0.2) is 22.9 Å². The number of aliphatic hydroxyl groups is 5. The molecule has 1 aromatic heterocycles. The predicted octanol–water partition coefficient (Wildman–Crippen LogP) is 11.4. The molecule has 0 fully saturated rings. The highest BCUT2D eigenvalue weighted by molar-refractivity contribution is 7.53. The fourth-order valence-electron chi connectivity index (χ4n) is 10.2. The number of aromatic amines is 1. The first-order valence-corrected chi connectivity index (χ1v) is 34.0. The topological polar surface area (TPSA) is 332 Å². The van der Waals surface area contributed by atoms with Crippen molar-refractivity contribution in [1.29, 1.82) is 0 Å². The number of benzene rings is 5. The average molecular weight is 1400 g/mol. The molecule has 498 valence electrons. The molecule has 7 rings (SSSR count). The number of H-pyrrole nitrogens is 1. The Labute approximate surface area is 562 Å². The molecular formula is C66H73Cl5N5O16P. The number of amides is 1. The molecule has 27 heteroatoms. The van der Waals surface area contributed by atoms with Gasteiger partial charge in [-0.3, -0.25) is 38.9 Å². The van der Waals surface area contributed by atoms with Crippen molar-refractivity contribution in [1.82, 2.24) is 10.3 Å². The summed E-state index contributed by atoms with van der Waals surface area (Å²) >= 11 is 29.9. The zero-order valence-electron chi connectivity index (χ0n) is 50.3. The summed E-state index contributed by atoms with van der Waals surface area (Å²) in [7, 11) is -5.27. The van der Waals surface area contributed by atoms with Gasteiger partial charge in [0.25, 0.3) is 0 Å². The van der Waals surface area contributed by atoms with Gasteiger partial charge in [0, 0.05) is 125 Å². The summed E-state index contributed by atoms with van der Waals surface area (Å²) in [6.07, 6.45) is -1.19. The molecule has 21 nitrogen and oxygen atoms in total. The second-order valence-electron chi connectivity index (χ2n) is 21.9. The van der Waals surface area contributed by atoms with Crippen molar-refractivity contribution < 1.29 is 78.6 Å². The van der Waals surface area contributed by atoms with Crippen LogP contribution in [0.5, 0.6) is 0 Å². The number of rotatable bonds is 37. The van der Waals surface area contributed by atoms with Crippen molar-refractivity contribution in [3.8, 4) is 0 Å². The number of aliphatic carboxylic acids is 1. The number of fused-ring (bicyclic) bond motifs is 1. The van der Waals surface area contributed by atoms with E-state index in [2.05, 4.69) is 15.2 Å². The quantitative estimate of drug-likeness (QED) is 0.00329. The Morgan fingerprint density at radius 2 is 1.14 bits per heavy atom. The number of carboxylic acids is 1. The largest absolute Gasteiger partial charge is 0.485 e. The van der Waals surface area contributed by atoms with Gasteiger partial charge in [-0.25, -0.2) is 9.68 Å². The Hall–Kier alpha value is -6.34. The van der Waals surface area contributed by atoms with E-state index in [0.29, 0.717) is 64.5 Å². The summed E-state index contributed by atoms with van der Waals surface area (Å²) in [6.45, 7) is 0.239. The molecule has 0 bridgehead atoms. The van der Waals surface area contributed by atoms with E-state index in [1.165, 1.54) is 24.3 Å². The number of aliphatic imine (C=N–C) groups is 3. The van der Waals surface area contributed by atoms with Crippen molar-refractivity contribution in [3.63, 3.8) is 0 Å². The monoisotopic (exact) mass is 1400 g/mol. The van der Waals surface area contributed by atoms with Gasteiger partial charge in [0.1, 0.15) is 25.4 Å². The van der Waals surface area contributed by atoms with Gasteiger partial charge >= 0.3 is 13.6 Å². The highest BCUT2D eigenvalue weighted by atomic mass is 35.5. The summed E-state index contributed by atoms with van der Waals surface area (Å²) in [5.74, 6) is -2.35. The molecule has 0 spiro atoms. The van der Waals surface area contributed by atoms with Crippen LogP contribution in [0.2, 0.25) is 0 Å². The third kappa shape index (κ3) is 21.6. The summed E-state index contributed by atoms with van der Waals surface area (Å²) in [5.41, 5.74) is 3.23. The molecule has 1 aliphatic heterocycles. The Balaban J connectivity index is 1.29. The maximum absolute atomic E-state index is 14.8. The second-order valence-corrected chi connectivity index (χ2v) is 25.2. The van der Waals surface area contributed by atoms with Crippen molar-refractivity contribution in [2.75, 3.05) is 55.4 Å². The number of hydrogen-bond acceptors (Lipinski definition) is 17. The first kappa shape index (κ1) is 74.1. The minimum atomic E-state index is -5.27. The number of nitrogens with zero attached hydrogens (tertiary/aromatic N) is 3. The van der Waals surface area contributed by atoms with E-state index in [1.807, 2.05) is 48.7 Å². The zero-order chi connectivity index (χ0) is 67.1. The van der Waals surface area contributed by atoms with Gasteiger partial charge < -0.3 is 55.3 Å². The first-order chi connectivity index (χ1) is 44.7. The molecule has 5 aromatic carbocycles. The van der Waals surface area contributed by atoms with Crippen LogP contribution in [0, 0.1) is 0 Å². The van der Waals surface area contributed by atoms with Gasteiger partial charge in [-0.1, -0.05) is 72.8 Å². The van der Waals surface area contributed by atoms with E-state index in [0.717, 1.165) is 22.0 Å². The van der Waals surface area contributed by atoms with E-state index in [-0.39, 0.29) is 96.8 Å². The highest BCUT2D eigenvalue weighted by Crippen LogP contribution is 2.55. The second kappa shape index (κ2) is 36.5. The Kier molecular flexibility index (Phi) is 29.1. The summed E-state index contributed by atoms with van der Waals surface area (Å²) in [5, 5.41) is 74.5. The number of Topliss-reactive ketones (excluding diaryl/α,β-unsaturated/α-hetero) is 1. The number of alkyl halides is 5. The van der Waals surface area contributed by atoms with Gasteiger partial charge in [-0.05, 0) is 83.8 Å². The average Bonchev–Trinajstić information content (AvgIpc) is 1.01. The molecule has 0 aliphatic carbocycles. The number of hydrogen-bond donors (Lipinski definition) is 10. The van der Waals surface area contributed by atoms with E-state index in [4.69, 9.17) is 92.2 Å². The van der Waals surface area contributed by atoms with Crippen molar-refractivity contribution >= 4 is 140 Å². The molecule has 6 aromatic rings. The number of carbonyl (C=O) groups excluding carboxylic acids is 2. The molecular weight excluding hydrogens is 1330 g/mol. The number of carbonyl (C=O) groups is 3. The molecule has 0 saturated heterocycles. The number of aromatic nitrogens is 1. The summed E-state index contributed by atoms with van der Waals surface area (Å²) in [6, 6.07) is 32.0. The molecule has 0 saturated carbocycles. The van der Waals surface area contributed by atoms with Crippen LogP contribution >= 0.6 is 65.6 Å². The highest BCUT2D eigenvalue weighted by Gasteiger charge is 2.45. The number of carboxylic acid groups (broad SMARTS) is 1. The number of ketones is 1.